The van der Waals surface area contributed by atoms with Crippen LogP contribution in [0, 0.1) is 11.8 Å². The molecule has 0 bridgehead atoms. The lowest BCUT2D eigenvalue weighted by atomic mass is 10.1. The van der Waals surface area contributed by atoms with Crippen LogP contribution in [0.4, 0.5) is 13.2 Å². The highest BCUT2D eigenvalue weighted by molar-refractivity contribution is 5.73. The molecule has 1 saturated carbocycles. The van der Waals surface area contributed by atoms with Gasteiger partial charge in [0.2, 0.25) is 0 Å². The Hall–Kier alpha value is -2.33. The van der Waals surface area contributed by atoms with Crippen molar-refractivity contribution in [1.29, 1.82) is 0 Å². The second-order valence-corrected chi connectivity index (χ2v) is 8.32. The Morgan fingerprint density at radius 3 is 2.65 bits per heavy atom. The standard InChI is InChI=1S/C19H28N4O.C2HF3O2/c1-21-10-18(9-20-21)12-22-11-17(6-8-24-15-16-4-5-16)13-23-7-2-3-19(23)14-22;3-2(4,5)1(6)7/h2-3,7,9-10,16-17H,4-6,8,11-15H2,1H3;(H,6,7). The monoisotopic (exact) mass is 442 g/mol. The molecule has 0 spiro atoms. The SMILES string of the molecule is Cn1cc(CN2Cc3cccn3CC(CCOCC3CC3)C2)cn1.O=C(O)C(F)(F)F. The summed E-state index contributed by atoms with van der Waals surface area (Å²) in [7, 11) is 1.98. The zero-order valence-electron chi connectivity index (χ0n) is 17.6. The number of aliphatic carboxylic acids is 1. The number of aromatic nitrogens is 3. The van der Waals surface area contributed by atoms with Crippen LogP contribution in [0.5, 0.6) is 0 Å². The number of ether oxygens (including phenoxy) is 1. The first-order valence-electron chi connectivity index (χ1n) is 10.4. The lowest BCUT2D eigenvalue weighted by molar-refractivity contribution is -0.192. The molecule has 1 aliphatic carbocycles. The van der Waals surface area contributed by atoms with Crippen molar-refractivity contribution in [2.75, 3.05) is 19.8 Å². The van der Waals surface area contributed by atoms with E-state index in [4.69, 9.17) is 14.6 Å². The van der Waals surface area contributed by atoms with Gasteiger partial charge in [-0.05, 0) is 43.2 Å². The quantitative estimate of drug-likeness (QED) is 0.667. The normalized spacial score (nSPS) is 19.3. The van der Waals surface area contributed by atoms with Crippen molar-refractivity contribution in [2.24, 2.45) is 18.9 Å². The summed E-state index contributed by atoms with van der Waals surface area (Å²) in [5, 5.41) is 11.4. The molecule has 172 valence electrons. The van der Waals surface area contributed by atoms with Crippen LogP contribution in [-0.4, -0.2) is 56.3 Å². The van der Waals surface area contributed by atoms with Gasteiger partial charge in [-0.25, -0.2) is 4.79 Å². The minimum atomic E-state index is -5.08. The van der Waals surface area contributed by atoms with Gasteiger partial charge in [0.15, 0.2) is 0 Å². The molecule has 2 aromatic rings. The summed E-state index contributed by atoms with van der Waals surface area (Å²) in [5.41, 5.74) is 2.71. The Kier molecular flexibility index (Phi) is 7.77. The molecule has 0 amide bonds. The molecule has 1 N–H and O–H groups in total. The van der Waals surface area contributed by atoms with Crippen LogP contribution < -0.4 is 0 Å². The predicted octanol–water partition coefficient (Wildman–Crippen LogP) is 3.30. The van der Waals surface area contributed by atoms with Crippen LogP contribution in [0.15, 0.2) is 30.7 Å². The molecule has 2 aromatic heterocycles. The number of alkyl halides is 3. The van der Waals surface area contributed by atoms with E-state index < -0.39 is 12.1 Å². The van der Waals surface area contributed by atoms with E-state index >= 15 is 0 Å². The molecule has 1 fully saturated rings. The maximum atomic E-state index is 10.6. The number of carboxylic acid groups (broad SMARTS) is 1. The maximum absolute atomic E-state index is 10.6. The van der Waals surface area contributed by atoms with Crippen molar-refractivity contribution in [3.8, 4) is 0 Å². The fourth-order valence-corrected chi connectivity index (χ4v) is 3.67. The molecule has 7 nitrogen and oxygen atoms in total. The largest absolute Gasteiger partial charge is 0.490 e. The molecule has 0 aromatic carbocycles. The number of aryl methyl sites for hydroxylation is 1. The molecule has 1 unspecified atom stereocenters. The molecule has 10 heteroatoms. The van der Waals surface area contributed by atoms with Gasteiger partial charge in [-0.15, -0.1) is 0 Å². The first kappa shape index (κ1) is 23.3. The van der Waals surface area contributed by atoms with E-state index in [0.29, 0.717) is 5.92 Å². The maximum Gasteiger partial charge on any atom is 0.490 e. The number of hydrogen-bond donors (Lipinski definition) is 1. The van der Waals surface area contributed by atoms with Crippen LogP contribution in [0.2, 0.25) is 0 Å². The van der Waals surface area contributed by atoms with Crippen molar-refractivity contribution in [1.82, 2.24) is 19.2 Å². The summed E-state index contributed by atoms with van der Waals surface area (Å²) < 4.78 is 41.9. The van der Waals surface area contributed by atoms with Gasteiger partial charge in [-0.1, -0.05) is 0 Å². The van der Waals surface area contributed by atoms with Crippen molar-refractivity contribution in [3.63, 3.8) is 0 Å². The van der Waals surface area contributed by atoms with Crippen LogP contribution in [0.3, 0.4) is 0 Å². The summed E-state index contributed by atoms with van der Waals surface area (Å²) in [6.45, 7) is 6.10. The molecule has 31 heavy (non-hydrogen) atoms. The minimum absolute atomic E-state index is 0.648. The topological polar surface area (TPSA) is 72.5 Å². The molecular weight excluding hydrogens is 413 g/mol. The summed E-state index contributed by atoms with van der Waals surface area (Å²) in [4.78, 5) is 11.5. The van der Waals surface area contributed by atoms with Gasteiger partial charge in [0, 0.05) is 70.1 Å². The fraction of sp³-hybridized carbons (Fsp3) is 0.619. The Morgan fingerprint density at radius 1 is 1.29 bits per heavy atom. The lowest BCUT2D eigenvalue weighted by Gasteiger charge is -2.23. The Balaban J connectivity index is 0.000000339. The van der Waals surface area contributed by atoms with Crippen LogP contribution in [-0.2, 0) is 36.2 Å². The molecule has 1 atom stereocenters. The van der Waals surface area contributed by atoms with Crippen molar-refractivity contribution >= 4 is 5.97 Å². The average Bonchev–Trinajstić information content (AvgIpc) is 3.33. The first-order chi connectivity index (χ1) is 14.7. The summed E-state index contributed by atoms with van der Waals surface area (Å²) >= 11 is 0. The van der Waals surface area contributed by atoms with Crippen LogP contribution in [0.1, 0.15) is 30.5 Å². The number of fused-ring (bicyclic) bond motifs is 1. The summed E-state index contributed by atoms with van der Waals surface area (Å²) in [6, 6.07) is 4.42. The second-order valence-electron chi connectivity index (χ2n) is 8.32. The number of halogens is 3. The molecule has 4 rings (SSSR count). The predicted molar refractivity (Wildman–Crippen MR) is 107 cm³/mol. The van der Waals surface area contributed by atoms with E-state index in [1.807, 2.05) is 17.9 Å². The zero-order valence-corrected chi connectivity index (χ0v) is 17.6. The number of carboxylic acids is 1. The van der Waals surface area contributed by atoms with Crippen LogP contribution in [0.25, 0.3) is 0 Å². The fourth-order valence-electron chi connectivity index (χ4n) is 3.67. The Bertz CT molecular complexity index is 845. The number of hydrogen-bond acceptors (Lipinski definition) is 4. The van der Waals surface area contributed by atoms with Gasteiger partial charge in [0.1, 0.15) is 0 Å². The van der Waals surface area contributed by atoms with Crippen molar-refractivity contribution in [3.05, 3.63) is 42.0 Å². The van der Waals surface area contributed by atoms with E-state index in [1.54, 1.807) is 0 Å². The lowest BCUT2D eigenvalue weighted by Crippen LogP contribution is -2.28. The van der Waals surface area contributed by atoms with E-state index in [-0.39, 0.29) is 0 Å². The number of rotatable bonds is 7. The van der Waals surface area contributed by atoms with Gasteiger partial charge >= 0.3 is 12.1 Å². The van der Waals surface area contributed by atoms with Gasteiger partial charge < -0.3 is 14.4 Å². The number of nitrogens with zero attached hydrogens (tertiary/aromatic N) is 4. The third-order valence-corrected chi connectivity index (χ3v) is 5.41. The van der Waals surface area contributed by atoms with Crippen molar-refractivity contribution in [2.45, 2.75) is 45.1 Å². The summed E-state index contributed by atoms with van der Waals surface area (Å²) in [5.74, 6) is -1.25. The van der Waals surface area contributed by atoms with E-state index in [9.17, 15) is 13.2 Å². The molecular formula is C21H29F3N4O3. The molecule has 0 saturated heterocycles. The average molecular weight is 442 g/mol. The zero-order chi connectivity index (χ0) is 22.4. The second kappa shape index (κ2) is 10.3. The van der Waals surface area contributed by atoms with E-state index in [2.05, 4.69) is 39.1 Å². The molecule has 2 aliphatic rings. The molecule has 0 radical (unpaired) electrons. The summed E-state index contributed by atoms with van der Waals surface area (Å²) in [6.07, 6.45) is 5.13. The van der Waals surface area contributed by atoms with Gasteiger partial charge in [-0.2, -0.15) is 18.3 Å². The Labute approximate surface area is 179 Å². The van der Waals surface area contributed by atoms with Gasteiger partial charge in [-0.3, -0.25) is 9.58 Å². The van der Waals surface area contributed by atoms with E-state index in [0.717, 1.165) is 51.7 Å². The van der Waals surface area contributed by atoms with Crippen LogP contribution >= 0.6 is 0 Å². The molecule has 3 heterocycles. The smallest absolute Gasteiger partial charge is 0.475 e. The molecule has 1 aliphatic heterocycles. The van der Waals surface area contributed by atoms with E-state index in [1.165, 1.54) is 24.1 Å². The van der Waals surface area contributed by atoms with Crippen molar-refractivity contribution < 1.29 is 27.8 Å². The third kappa shape index (κ3) is 7.70. The van der Waals surface area contributed by atoms with Gasteiger partial charge in [0.05, 0.1) is 6.20 Å². The highest BCUT2D eigenvalue weighted by Crippen LogP contribution is 2.29. The number of carbonyl (C=O) groups is 1. The van der Waals surface area contributed by atoms with Gasteiger partial charge in [0.25, 0.3) is 0 Å². The highest BCUT2D eigenvalue weighted by Gasteiger charge is 2.38. The minimum Gasteiger partial charge on any atom is -0.475 e. The first-order valence-corrected chi connectivity index (χ1v) is 10.4. The third-order valence-electron chi connectivity index (χ3n) is 5.41. The Morgan fingerprint density at radius 2 is 2.03 bits per heavy atom. The highest BCUT2D eigenvalue weighted by atomic mass is 19.4.